The molecule has 1 fully saturated rings. The molecule has 0 spiro atoms. The van der Waals surface area contributed by atoms with Crippen molar-refractivity contribution in [1.82, 2.24) is 15.0 Å². The van der Waals surface area contributed by atoms with E-state index in [1.165, 1.54) is 18.3 Å². The van der Waals surface area contributed by atoms with Gasteiger partial charge >= 0.3 is 0 Å². The molecule has 7 nitrogen and oxygen atoms in total. The number of hydrogen-bond donors (Lipinski definition) is 1. The molecule has 0 bridgehead atoms. The van der Waals surface area contributed by atoms with Gasteiger partial charge in [0.15, 0.2) is 5.65 Å². The zero-order valence-corrected chi connectivity index (χ0v) is 17.9. The van der Waals surface area contributed by atoms with Gasteiger partial charge in [-0.15, -0.1) is 0 Å². The van der Waals surface area contributed by atoms with E-state index in [4.69, 9.17) is 10.5 Å². The summed E-state index contributed by atoms with van der Waals surface area (Å²) in [5.74, 6) is -0.941. The Balaban J connectivity index is 1.83. The summed E-state index contributed by atoms with van der Waals surface area (Å²) in [7, 11) is 1.66. The Kier molecular flexibility index (Phi) is 6.36. The van der Waals surface area contributed by atoms with Gasteiger partial charge in [-0.25, -0.2) is 18.7 Å². The molecule has 9 heteroatoms. The Bertz CT molecular complexity index is 1200. The predicted octanol–water partition coefficient (Wildman–Crippen LogP) is 3.28. The van der Waals surface area contributed by atoms with Crippen molar-refractivity contribution in [3.05, 3.63) is 59.4 Å². The van der Waals surface area contributed by atoms with Crippen LogP contribution >= 0.6 is 0 Å². The van der Waals surface area contributed by atoms with E-state index in [2.05, 4.69) is 19.9 Å². The zero-order chi connectivity index (χ0) is 22.7. The number of anilines is 1. The normalized spacial score (nSPS) is 17.4. The van der Waals surface area contributed by atoms with E-state index in [0.29, 0.717) is 42.4 Å². The number of fused-ring (bicyclic) bond motifs is 1. The summed E-state index contributed by atoms with van der Waals surface area (Å²) in [5.41, 5.74) is 8.37. The van der Waals surface area contributed by atoms with Crippen molar-refractivity contribution in [3.8, 4) is 11.3 Å². The van der Waals surface area contributed by atoms with Crippen molar-refractivity contribution >= 4 is 23.2 Å². The molecule has 1 aliphatic rings. The highest BCUT2D eigenvalue weighted by molar-refractivity contribution is 5.91. The molecule has 3 heterocycles. The smallest absolute Gasteiger partial charge is 0.228 e. The number of hydrogen-bond acceptors (Lipinski definition) is 7. The minimum absolute atomic E-state index is 0.191. The van der Waals surface area contributed by atoms with E-state index >= 15 is 0 Å². The average Bonchev–Trinajstić information content (AvgIpc) is 2.81. The second-order valence-electron chi connectivity index (χ2n) is 7.38. The number of aromatic nitrogens is 3. The molecule has 1 aliphatic heterocycles. The van der Waals surface area contributed by atoms with Crippen molar-refractivity contribution in [2.45, 2.75) is 19.4 Å². The molecule has 0 saturated carbocycles. The second-order valence-corrected chi connectivity index (χ2v) is 7.38. The van der Waals surface area contributed by atoms with Crippen LogP contribution in [0.15, 0.2) is 47.1 Å². The van der Waals surface area contributed by atoms with Gasteiger partial charge in [-0.05, 0) is 30.7 Å². The third-order valence-corrected chi connectivity index (χ3v) is 5.35. The summed E-state index contributed by atoms with van der Waals surface area (Å²) in [6.45, 7) is 3.42. The number of aryl methyl sites for hydroxylation is 1. The van der Waals surface area contributed by atoms with E-state index in [1.807, 2.05) is 24.0 Å². The SMILES string of the molecule is CCc1ccc2c(-c3ccc(F)cc3F)nc(N3CCO[C@@H](/C(C=NC)=C/N)C3)nc2n1. The first-order valence-electron chi connectivity index (χ1n) is 10.4. The summed E-state index contributed by atoms with van der Waals surface area (Å²) < 4.78 is 34.1. The van der Waals surface area contributed by atoms with Crippen molar-refractivity contribution < 1.29 is 13.5 Å². The number of ether oxygens (including phenoxy) is 1. The van der Waals surface area contributed by atoms with Gasteiger partial charge in [0, 0.05) is 54.3 Å². The highest BCUT2D eigenvalue weighted by atomic mass is 19.1. The summed E-state index contributed by atoms with van der Waals surface area (Å²) in [6, 6.07) is 7.15. The van der Waals surface area contributed by atoms with Crippen LogP contribution < -0.4 is 10.6 Å². The lowest BCUT2D eigenvalue weighted by atomic mass is 10.1. The molecule has 3 aromatic rings. The van der Waals surface area contributed by atoms with E-state index in [1.54, 1.807) is 13.3 Å². The Morgan fingerprint density at radius 1 is 1.25 bits per heavy atom. The minimum atomic E-state index is -0.692. The number of pyridine rings is 1. The molecule has 0 unspecified atom stereocenters. The van der Waals surface area contributed by atoms with Crippen LogP contribution in [0.4, 0.5) is 14.7 Å². The Hall–Kier alpha value is -3.46. The first-order chi connectivity index (χ1) is 15.5. The molecule has 0 aliphatic carbocycles. The maximum atomic E-state index is 14.7. The zero-order valence-electron chi connectivity index (χ0n) is 17.9. The highest BCUT2D eigenvalue weighted by Gasteiger charge is 2.26. The maximum absolute atomic E-state index is 14.7. The molecule has 2 N–H and O–H groups in total. The molecule has 1 atom stereocenters. The van der Waals surface area contributed by atoms with Crippen LogP contribution in [-0.2, 0) is 11.2 Å². The standard InChI is InChI=1S/C23H24F2N6O/c1-3-16-5-7-18-21(17-6-4-15(24)10-19(17)25)29-23(30-22(18)28-16)31-8-9-32-20(13-31)14(11-26)12-27-2/h4-7,10-12,20H,3,8-9,13,26H2,1-2H3/b14-11+,27-12?/t20-/m1/s1. The quantitative estimate of drug-likeness (QED) is 0.615. The van der Waals surface area contributed by atoms with Crippen LogP contribution in [0.25, 0.3) is 22.3 Å². The predicted molar refractivity (Wildman–Crippen MR) is 121 cm³/mol. The van der Waals surface area contributed by atoms with E-state index in [-0.39, 0.29) is 11.7 Å². The molecule has 32 heavy (non-hydrogen) atoms. The van der Waals surface area contributed by atoms with Crippen molar-refractivity contribution in [3.63, 3.8) is 0 Å². The van der Waals surface area contributed by atoms with Gasteiger partial charge in [-0.2, -0.15) is 4.98 Å². The summed E-state index contributed by atoms with van der Waals surface area (Å²) in [6.07, 6.45) is 3.55. The fourth-order valence-electron chi connectivity index (χ4n) is 3.68. The molecule has 0 amide bonds. The van der Waals surface area contributed by atoms with Crippen molar-refractivity contribution in [2.24, 2.45) is 10.7 Å². The topological polar surface area (TPSA) is 89.5 Å². The van der Waals surface area contributed by atoms with Gasteiger partial charge in [0.1, 0.15) is 17.7 Å². The van der Waals surface area contributed by atoms with Gasteiger partial charge in [0.05, 0.1) is 18.8 Å². The van der Waals surface area contributed by atoms with Crippen LogP contribution in [0.3, 0.4) is 0 Å². The first kappa shape index (κ1) is 21.8. The highest BCUT2D eigenvalue weighted by Crippen LogP contribution is 2.31. The van der Waals surface area contributed by atoms with E-state index < -0.39 is 11.6 Å². The number of benzene rings is 1. The maximum Gasteiger partial charge on any atom is 0.228 e. The second kappa shape index (κ2) is 9.35. The monoisotopic (exact) mass is 438 g/mol. The van der Waals surface area contributed by atoms with Gasteiger partial charge in [0.25, 0.3) is 0 Å². The Labute approximate surface area is 184 Å². The van der Waals surface area contributed by atoms with Crippen molar-refractivity contribution in [1.29, 1.82) is 0 Å². The minimum Gasteiger partial charge on any atom is -0.404 e. The Morgan fingerprint density at radius 2 is 2.09 bits per heavy atom. The fraction of sp³-hybridized carbons (Fsp3) is 0.304. The van der Waals surface area contributed by atoms with E-state index in [9.17, 15) is 8.78 Å². The van der Waals surface area contributed by atoms with Crippen molar-refractivity contribution in [2.75, 3.05) is 31.6 Å². The van der Waals surface area contributed by atoms with Crippen LogP contribution in [0.5, 0.6) is 0 Å². The van der Waals surface area contributed by atoms with Crippen LogP contribution in [-0.4, -0.2) is 54.0 Å². The molecule has 1 aromatic carbocycles. The summed E-state index contributed by atoms with van der Waals surface area (Å²) in [4.78, 5) is 20.0. The number of rotatable bonds is 5. The number of halogens is 2. The fourth-order valence-corrected chi connectivity index (χ4v) is 3.68. The van der Waals surface area contributed by atoms with Gasteiger partial charge in [0.2, 0.25) is 5.95 Å². The van der Waals surface area contributed by atoms with Crippen LogP contribution in [0.2, 0.25) is 0 Å². The number of morpholine rings is 1. The van der Waals surface area contributed by atoms with Crippen LogP contribution in [0.1, 0.15) is 12.6 Å². The molecule has 4 rings (SSSR count). The Morgan fingerprint density at radius 3 is 2.81 bits per heavy atom. The van der Waals surface area contributed by atoms with Gasteiger partial charge < -0.3 is 15.4 Å². The van der Waals surface area contributed by atoms with E-state index in [0.717, 1.165) is 23.8 Å². The van der Waals surface area contributed by atoms with Gasteiger partial charge in [-0.1, -0.05) is 6.92 Å². The third kappa shape index (κ3) is 4.29. The lowest BCUT2D eigenvalue weighted by Gasteiger charge is -2.33. The summed E-state index contributed by atoms with van der Waals surface area (Å²) >= 11 is 0. The number of aliphatic imine (C=N–C) groups is 1. The lowest BCUT2D eigenvalue weighted by Crippen LogP contribution is -2.44. The summed E-state index contributed by atoms with van der Waals surface area (Å²) in [5, 5.41) is 0.599. The first-order valence-corrected chi connectivity index (χ1v) is 10.4. The molecule has 2 aromatic heterocycles. The number of nitrogens with zero attached hydrogens (tertiary/aromatic N) is 5. The molecule has 0 radical (unpaired) electrons. The molecule has 166 valence electrons. The third-order valence-electron chi connectivity index (χ3n) is 5.35. The van der Waals surface area contributed by atoms with Gasteiger partial charge in [-0.3, -0.25) is 4.99 Å². The van der Waals surface area contributed by atoms with Crippen LogP contribution in [0, 0.1) is 11.6 Å². The number of nitrogens with two attached hydrogens (primary N) is 1. The molecular weight excluding hydrogens is 414 g/mol. The largest absolute Gasteiger partial charge is 0.404 e. The lowest BCUT2D eigenvalue weighted by molar-refractivity contribution is 0.0674. The molecular formula is C23H24F2N6O. The molecule has 1 saturated heterocycles. The average molecular weight is 438 g/mol.